The van der Waals surface area contributed by atoms with Gasteiger partial charge in [-0.2, -0.15) is 0 Å². The van der Waals surface area contributed by atoms with Gasteiger partial charge in [0, 0.05) is 12.8 Å². The quantitative estimate of drug-likeness (QED) is 0.0373. The second-order valence-electron chi connectivity index (χ2n) is 22.2. The first-order valence-corrected chi connectivity index (χ1v) is 28.1. The molecule has 65 heavy (non-hydrogen) atoms. The molecule has 0 spiro atoms. The molecule has 3 fully saturated rings. The Bertz CT molecular complexity index is 1530. The smallest absolute Gasteiger partial charge is 0.306 e. The molecular weight excluding hydrogens is 789 g/mol. The molecule has 0 aliphatic heterocycles. The fourth-order valence-corrected chi connectivity index (χ4v) is 13.0. The molecule has 0 N–H and O–H groups in total. The maximum atomic E-state index is 12.9. The molecule has 4 aliphatic rings. The Kier molecular flexibility index (Phi) is 27.2. The van der Waals surface area contributed by atoms with Crippen molar-refractivity contribution >= 4 is 5.97 Å². The van der Waals surface area contributed by atoms with Gasteiger partial charge in [0.25, 0.3) is 0 Å². The minimum Gasteiger partial charge on any atom is -0.462 e. The molecule has 0 saturated heterocycles. The number of ether oxygens (including phenoxy) is 1. The predicted molar refractivity (Wildman–Crippen MR) is 285 cm³/mol. The fourth-order valence-electron chi connectivity index (χ4n) is 13.0. The van der Waals surface area contributed by atoms with E-state index in [1.54, 1.807) is 5.57 Å². The summed E-state index contributed by atoms with van der Waals surface area (Å²) in [5.41, 5.74) is 2.51. The molecule has 2 heteroatoms. The number of esters is 1. The Balaban J connectivity index is 0.927. The van der Waals surface area contributed by atoms with Gasteiger partial charge in [-0.15, -0.1) is 0 Å². The Morgan fingerprint density at radius 3 is 1.68 bits per heavy atom. The van der Waals surface area contributed by atoms with Crippen LogP contribution in [-0.2, 0) is 9.53 Å². The molecule has 3 saturated carbocycles. The summed E-state index contributed by atoms with van der Waals surface area (Å²) in [5, 5.41) is 0. The maximum absolute atomic E-state index is 12.9. The van der Waals surface area contributed by atoms with Gasteiger partial charge in [0.15, 0.2) is 0 Å². The summed E-state index contributed by atoms with van der Waals surface area (Å²) < 4.78 is 6.17. The SMILES string of the molecule is CC/C=C\C/C=C\C/C=C\C/C=C\C/C=C\C/C=C\C/C=C\CCCCCCCCCCCCCC(=O)OC1CCC2(C)C(=CCC3C2CCC2(C)C(C(C)CCCC(C)C)CCC32)C1. The van der Waals surface area contributed by atoms with Crippen LogP contribution < -0.4 is 0 Å². The molecule has 0 aromatic rings. The highest BCUT2D eigenvalue weighted by Gasteiger charge is 2.59. The van der Waals surface area contributed by atoms with Gasteiger partial charge in [-0.25, -0.2) is 0 Å². The molecule has 0 amide bonds. The van der Waals surface area contributed by atoms with E-state index < -0.39 is 0 Å². The standard InChI is InChI=1S/C63H102O2/c1-7-8-9-10-11-12-13-14-15-16-17-18-19-20-21-22-23-24-25-26-27-28-29-30-31-32-33-34-35-36-37-38-39-43-61(64)65-56-48-50-62(5)55(52-56)44-45-57-59-47-46-58(54(4)42-40-41-53(2)3)63(59,6)51-49-60(57)62/h8-9,11-12,14-15,17-18,20-21,23-24,26-27,44,53-54,56-60H,7,10,13,16,19,22,25,28-43,45-52H2,1-6H3/b9-8-,12-11-,15-14-,18-17-,21-20-,24-23-,27-26-. The molecule has 366 valence electrons. The van der Waals surface area contributed by atoms with Gasteiger partial charge in [-0.3, -0.25) is 4.79 Å². The molecule has 0 heterocycles. The van der Waals surface area contributed by atoms with Crippen molar-refractivity contribution in [3.8, 4) is 0 Å². The summed E-state index contributed by atoms with van der Waals surface area (Å²) in [6, 6.07) is 0. The number of rotatable bonds is 33. The number of allylic oxidation sites excluding steroid dienone is 15. The van der Waals surface area contributed by atoms with Crippen LogP contribution in [0, 0.1) is 46.3 Å². The fraction of sp³-hybridized carbons (Fsp3) is 0.730. The molecule has 4 rings (SSSR count). The Morgan fingerprint density at radius 1 is 0.600 bits per heavy atom. The highest BCUT2D eigenvalue weighted by Crippen LogP contribution is 2.67. The molecule has 8 atom stereocenters. The van der Waals surface area contributed by atoms with Gasteiger partial charge in [0.05, 0.1) is 0 Å². The first kappa shape index (κ1) is 55.0. The Labute approximate surface area is 403 Å². The van der Waals surface area contributed by atoms with E-state index in [9.17, 15) is 4.79 Å². The second-order valence-corrected chi connectivity index (χ2v) is 22.2. The molecule has 2 nitrogen and oxygen atoms in total. The number of carbonyl (C=O) groups excluding carboxylic acids is 1. The third-order valence-electron chi connectivity index (χ3n) is 16.8. The predicted octanol–water partition coefficient (Wildman–Crippen LogP) is 19.7. The molecule has 0 bridgehead atoms. The minimum atomic E-state index is 0.0567. The van der Waals surface area contributed by atoms with Crippen molar-refractivity contribution in [1.29, 1.82) is 0 Å². The summed E-state index contributed by atoms with van der Waals surface area (Å²) in [6.07, 6.45) is 72.4. The lowest BCUT2D eigenvalue weighted by molar-refractivity contribution is -0.151. The second kappa shape index (κ2) is 32.2. The Morgan fingerprint density at radius 2 is 1.12 bits per heavy atom. The van der Waals surface area contributed by atoms with Crippen molar-refractivity contribution in [1.82, 2.24) is 0 Å². The topological polar surface area (TPSA) is 26.3 Å². The molecule has 8 unspecified atom stereocenters. The molecule has 4 aliphatic carbocycles. The van der Waals surface area contributed by atoms with Gasteiger partial charge >= 0.3 is 5.97 Å². The average Bonchev–Trinajstić information content (AvgIpc) is 3.65. The average molecular weight is 892 g/mol. The van der Waals surface area contributed by atoms with Crippen molar-refractivity contribution in [2.75, 3.05) is 0 Å². The van der Waals surface area contributed by atoms with E-state index in [1.165, 1.54) is 122 Å². The molecular formula is C63H102O2. The minimum absolute atomic E-state index is 0.0567. The van der Waals surface area contributed by atoms with E-state index in [0.29, 0.717) is 17.3 Å². The van der Waals surface area contributed by atoms with Crippen LogP contribution in [-0.4, -0.2) is 12.1 Å². The molecule has 0 aromatic carbocycles. The van der Waals surface area contributed by atoms with Crippen molar-refractivity contribution in [3.05, 3.63) is 96.7 Å². The van der Waals surface area contributed by atoms with Gasteiger partial charge in [0.2, 0.25) is 0 Å². The number of hydrogen-bond donors (Lipinski definition) is 0. The van der Waals surface area contributed by atoms with Crippen molar-refractivity contribution in [3.63, 3.8) is 0 Å². The lowest BCUT2D eigenvalue weighted by Crippen LogP contribution is -2.51. The van der Waals surface area contributed by atoms with Gasteiger partial charge in [-0.05, 0) is 155 Å². The Hall–Kier alpha value is -2.61. The summed E-state index contributed by atoms with van der Waals surface area (Å²) in [6.45, 7) is 14.8. The number of unbranched alkanes of at least 4 members (excludes halogenated alkanes) is 11. The molecule has 0 aromatic heterocycles. The van der Waals surface area contributed by atoms with Crippen LogP contribution in [0.5, 0.6) is 0 Å². The van der Waals surface area contributed by atoms with E-state index >= 15 is 0 Å². The van der Waals surface area contributed by atoms with Crippen LogP contribution >= 0.6 is 0 Å². The largest absolute Gasteiger partial charge is 0.462 e. The van der Waals surface area contributed by atoms with Crippen molar-refractivity contribution in [2.24, 2.45) is 46.3 Å². The van der Waals surface area contributed by atoms with Gasteiger partial charge < -0.3 is 4.74 Å². The van der Waals surface area contributed by atoms with Crippen LogP contribution in [0.3, 0.4) is 0 Å². The van der Waals surface area contributed by atoms with Crippen LogP contribution in [0.15, 0.2) is 96.7 Å². The van der Waals surface area contributed by atoms with Crippen molar-refractivity contribution in [2.45, 2.75) is 247 Å². The van der Waals surface area contributed by atoms with E-state index in [4.69, 9.17) is 4.74 Å². The number of hydrogen-bond acceptors (Lipinski definition) is 2. The van der Waals surface area contributed by atoms with E-state index in [-0.39, 0.29) is 12.1 Å². The number of carbonyl (C=O) groups is 1. The zero-order valence-electron chi connectivity index (χ0n) is 43.4. The first-order chi connectivity index (χ1) is 31.7. The third-order valence-corrected chi connectivity index (χ3v) is 16.8. The zero-order chi connectivity index (χ0) is 46.4. The van der Waals surface area contributed by atoms with Gasteiger partial charge in [0.1, 0.15) is 6.10 Å². The summed E-state index contributed by atoms with van der Waals surface area (Å²) in [4.78, 5) is 12.9. The maximum Gasteiger partial charge on any atom is 0.306 e. The number of fused-ring (bicyclic) bond motifs is 5. The summed E-state index contributed by atoms with van der Waals surface area (Å²) >= 11 is 0. The van der Waals surface area contributed by atoms with E-state index in [0.717, 1.165) is 106 Å². The van der Waals surface area contributed by atoms with Crippen molar-refractivity contribution < 1.29 is 9.53 Å². The van der Waals surface area contributed by atoms with Crippen LogP contribution in [0.1, 0.15) is 241 Å². The first-order valence-electron chi connectivity index (χ1n) is 28.1. The van der Waals surface area contributed by atoms with Crippen LogP contribution in [0.4, 0.5) is 0 Å². The summed E-state index contributed by atoms with van der Waals surface area (Å²) in [7, 11) is 0. The monoisotopic (exact) mass is 891 g/mol. The van der Waals surface area contributed by atoms with E-state index in [2.05, 4.69) is 133 Å². The van der Waals surface area contributed by atoms with Crippen LogP contribution in [0.25, 0.3) is 0 Å². The molecule has 0 radical (unpaired) electrons. The normalized spacial score (nSPS) is 27.6. The summed E-state index contributed by atoms with van der Waals surface area (Å²) in [5.74, 6) is 5.28. The zero-order valence-corrected chi connectivity index (χ0v) is 43.4. The lowest BCUT2D eigenvalue weighted by atomic mass is 9.47. The van der Waals surface area contributed by atoms with Gasteiger partial charge in [-0.1, -0.05) is 215 Å². The van der Waals surface area contributed by atoms with Crippen LogP contribution in [0.2, 0.25) is 0 Å². The highest BCUT2D eigenvalue weighted by atomic mass is 16.5. The van der Waals surface area contributed by atoms with E-state index in [1.807, 2.05) is 0 Å². The lowest BCUT2D eigenvalue weighted by Gasteiger charge is -2.58. The highest BCUT2D eigenvalue weighted by molar-refractivity contribution is 5.69. The third kappa shape index (κ3) is 19.9.